The first kappa shape index (κ1) is 14.2. The number of aryl methyl sites for hydroxylation is 1. The van der Waals surface area contributed by atoms with Gasteiger partial charge in [-0.2, -0.15) is 0 Å². The second-order valence-electron chi connectivity index (χ2n) is 4.71. The van der Waals surface area contributed by atoms with Crippen LogP contribution in [-0.2, 0) is 13.0 Å². The molecule has 0 spiro atoms. The van der Waals surface area contributed by atoms with Gasteiger partial charge in [0.1, 0.15) is 5.01 Å². The van der Waals surface area contributed by atoms with Crippen molar-refractivity contribution >= 4 is 11.3 Å². The number of nitrogens with one attached hydrogen (secondary N) is 1. The Bertz CT molecular complexity index is 479. The van der Waals surface area contributed by atoms with Crippen LogP contribution in [0.1, 0.15) is 48.2 Å². The van der Waals surface area contributed by atoms with Gasteiger partial charge in [-0.3, -0.25) is 0 Å². The summed E-state index contributed by atoms with van der Waals surface area (Å²) in [6.07, 6.45) is 5.43. The molecule has 1 heterocycles. The molecule has 1 atom stereocenters. The monoisotopic (exact) mass is 274 g/mol. The Morgan fingerprint density at radius 2 is 2.00 bits per heavy atom. The van der Waals surface area contributed by atoms with E-state index in [1.54, 1.807) is 0 Å². The summed E-state index contributed by atoms with van der Waals surface area (Å²) in [6.45, 7) is 5.27. The molecule has 1 N–H and O–H groups in total. The van der Waals surface area contributed by atoms with Gasteiger partial charge in [-0.25, -0.2) is 4.98 Å². The molecule has 0 saturated heterocycles. The average molecular weight is 274 g/mol. The third-order valence-electron chi connectivity index (χ3n) is 3.23. The molecule has 1 aromatic carbocycles. The first-order valence-electron chi connectivity index (χ1n) is 7.05. The quantitative estimate of drug-likeness (QED) is 0.812. The molecule has 0 amide bonds. The summed E-state index contributed by atoms with van der Waals surface area (Å²) in [5, 5.41) is 4.83. The van der Waals surface area contributed by atoms with Gasteiger partial charge in [0.2, 0.25) is 0 Å². The maximum Gasteiger partial charge on any atom is 0.107 e. The van der Waals surface area contributed by atoms with Crippen LogP contribution >= 0.6 is 11.3 Å². The summed E-state index contributed by atoms with van der Waals surface area (Å²) < 4.78 is 0. The molecule has 1 aromatic heterocycles. The predicted octanol–water partition coefficient (Wildman–Crippen LogP) is 4.34. The van der Waals surface area contributed by atoms with Crippen molar-refractivity contribution in [1.82, 2.24) is 10.3 Å². The van der Waals surface area contributed by atoms with E-state index in [1.807, 2.05) is 17.5 Å². The molecule has 0 aliphatic heterocycles. The summed E-state index contributed by atoms with van der Waals surface area (Å²) in [7, 11) is 0. The number of nitrogens with zero attached hydrogens (tertiary/aromatic N) is 1. The fourth-order valence-electron chi connectivity index (χ4n) is 2.16. The molecule has 3 heteroatoms. The fraction of sp³-hybridized carbons (Fsp3) is 0.438. The van der Waals surface area contributed by atoms with Gasteiger partial charge in [-0.05, 0) is 18.4 Å². The lowest BCUT2D eigenvalue weighted by atomic mass is 10.0. The van der Waals surface area contributed by atoms with Gasteiger partial charge in [0.15, 0.2) is 0 Å². The average Bonchev–Trinajstić information content (AvgIpc) is 2.92. The Balaban J connectivity index is 1.97. The lowest BCUT2D eigenvalue weighted by Gasteiger charge is -2.17. The lowest BCUT2D eigenvalue weighted by Crippen LogP contribution is -2.20. The molecule has 102 valence electrons. The molecule has 2 nitrogen and oxygen atoms in total. The third kappa shape index (κ3) is 4.15. The van der Waals surface area contributed by atoms with E-state index in [0.29, 0.717) is 6.04 Å². The zero-order valence-corrected chi connectivity index (χ0v) is 12.5. The maximum absolute atomic E-state index is 4.47. The van der Waals surface area contributed by atoms with Crippen molar-refractivity contribution in [2.24, 2.45) is 0 Å². The van der Waals surface area contributed by atoms with Crippen LogP contribution < -0.4 is 5.32 Å². The van der Waals surface area contributed by atoms with Crippen molar-refractivity contribution in [3.8, 4) is 0 Å². The molecule has 0 saturated carbocycles. The van der Waals surface area contributed by atoms with E-state index in [0.717, 1.165) is 19.4 Å². The maximum atomic E-state index is 4.47. The van der Waals surface area contributed by atoms with Gasteiger partial charge in [0, 0.05) is 23.7 Å². The van der Waals surface area contributed by atoms with Crippen molar-refractivity contribution in [1.29, 1.82) is 0 Å². The molecule has 0 aliphatic carbocycles. The molecule has 0 bridgehead atoms. The van der Waals surface area contributed by atoms with Gasteiger partial charge < -0.3 is 5.32 Å². The highest BCUT2D eigenvalue weighted by molar-refractivity contribution is 7.11. The third-order valence-corrected chi connectivity index (χ3v) is 4.37. The summed E-state index contributed by atoms with van der Waals surface area (Å²) in [6, 6.07) is 11.1. The number of thiazole rings is 1. The summed E-state index contributed by atoms with van der Waals surface area (Å²) >= 11 is 1.81. The predicted molar refractivity (Wildman–Crippen MR) is 82.4 cm³/mol. The summed E-state index contributed by atoms with van der Waals surface area (Å²) in [4.78, 5) is 5.83. The van der Waals surface area contributed by atoms with E-state index in [4.69, 9.17) is 0 Å². The van der Waals surface area contributed by atoms with Crippen LogP contribution in [0, 0.1) is 0 Å². The van der Waals surface area contributed by atoms with Gasteiger partial charge >= 0.3 is 0 Å². The Labute approximate surface area is 119 Å². The normalized spacial score (nSPS) is 12.5. The van der Waals surface area contributed by atoms with E-state index in [9.17, 15) is 0 Å². The number of hydrogen-bond donors (Lipinski definition) is 1. The Morgan fingerprint density at radius 3 is 2.63 bits per heavy atom. The molecule has 1 unspecified atom stereocenters. The minimum Gasteiger partial charge on any atom is -0.304 e. The van der Waals surface area contributed by atoms with Crippen LogP contribution in [0.25, 0.3) is 0 Å². The van der Waals surface area contributed by atoms with E-state index >= 15 is 0 Å². The largest absolute Gasteiger partial charge is 0.304 e. The molecule has 2 aromatic rings. The second kappa shape index (κ2) is 7.41. The van der Waals surface area contributed by atoms with E-state index in [2.05, 4.69) is 54.5 Å². The van der Waals surface area contributed by atoms with Gasteiger partial charge in [0.25, 0.3) is 0 Å². The van der Waals surface area contributed by atoms with Crippen molar-refractivity contribution in [2.75, 3.05) is 0 Å². The lowest BCUT2D eigenvalue weighted by molar-refractivity contribution is 0.493. The van der Waals surface area contributed by atoms with Crippen LogP contribution in [0.2, 0.25) is 0 Å². The number of hydrogen-bond acceptors (Lipinski definition) is 3. The molecular weight excluding hydrogens is 252 g/mol. The van der Waals surface area contributed by atoms with Crippen LogP contribution in [-0.4, -0.2) is 4.98 Å². The second-order valence-corrected chi connectivity index (χ2v) is 5.91. The zero-order valence-electron chi connectivity index (χ0n) is 11.7. The molecule has 19 heavy (non-hydrogen) atoms. The van der Waals surface area contributed by atoms with Crippen molar-refractivity contribution in [2.45, 2.75) is 45.7 Å². The van der Waals surface area contributed by atoms with Gasteiger partial charge in [0.05, 0.1) is 0 Å². The minimum atomic E-state index is 0.431. The highest BCUT2D eigenvalue weighted by atomic mass is 32.1. The first-order chi connectivity index (χ1) is 9.33. The van der Waals surface area contributed by atoms with Gasteiger partial charge in [-0.15, -0.1) is 11.3 Å². The Morgan fingerprint density at radius 1 is 1.21 bits per heavy atom. The summed E-state index contributed by atoms with van der Waals surface area (Å²) in [5.74, 6) is 0. The topological polar surface area (TPSA) is 24.9 Å². The summed E-state index contributed by atoms with van der Waals surface area (Å²) in [5.41, 5.74) is 1.37. The van der Waals surface area contributed by atoms with E-state index in [-0.39, 0.29) is 0 Å². The number of aromatic nitrogens is 1. The number of benzene rings is 1. The molecule has 0 radical (unpaired) electrons. The van der Waals surface area contributed by atoms with E-state index < -0.39 is 0 Å². The number of rotatable bonds is 7. The highest BCUT2D eigenvalue weighted by Crippen LogP contribution is 2.20. The van der Waals surface area contributed by atoms with E-state index in [1.165, 1.54) is 21.9 Å². The zero-order chi connectivity index (χ0) is 13.5. The van der Waals surface area contributed by atoms with Gasteiger partial charge in [-0.1, -0.05) is 50.6 Å². The molecule has 0 fully saturated rings. The fourth-order valence-corrected chi connectivity index (χ4v) is 2.98. The molecule has 0 aliphatic rings. The Hall–Kier alpha value is -1.19. The smallest absolute Gasteiger partial charge is 0.107 e. The first-order valence-corrected chi connectivity index (χ1v) is 7.87. The van der Waals surface area contributed by atoms with Crippen LogP contribution in [0.15, 0.2) is 36.5 Å². The Kier molecular flexibility index (Phi) is 5.55. The van der Waals surface area contributed by atoms with Crippen molar-refractivity contribution < 1.29 is 0 Å². The molecular formula is C16H22N2S. The standard InChI is InChI=1S/C16H22N2S/c1-3-8-15(13-9-6-5-7-10-13)17-12-16-18-11-14(4-2)19-16/h5-7,9-11,15,17H,3-4,8,12H2,1-2H3. The molecule has 2 rings (SSSR count). The van der Waals surface area contributed by atoms with Crippen LogP contribution in [0.4, 0.5) is 0 Å². The SMILES string of the molecule is CCCC(NCc1ncc(CC)s1)c1ccccc1. The van der Waals surface area contributed by atoms with Crippen LogP contribution in [0.3, 0.4) is 0 Å². The minimum absolute atomic E-state index is 0.431. The van der Waals surface area contributed by atoms with Crippen molar-refractivity contribution in [3.63, 3.8) is 0 Å². The highest BCUT2D eigenvalue weighted by Gasteiger charge is 2.10. The van der Waals surface area contributed by atoms with Crippen LogP contribution in [0.5, 0.6) is 0 Å². The van der Waals surface area contributed by atoms with Crippen molar-refractivity contribution in [3.05, 3.63) is 52.0 Å².